The van der Waals surface area contributed by atoms with Crippen LogP contribution in [0.4, 0.5) is 5.13 Å². The standard InChI is InChI=1S/C20H21Cl2N5O4S/c1-8-13(21)14(22)16(23-8)18(29)25-15-9-6-27(7-10(9)15)20-24-11(17(32-20)19(30)31)5-12(28)26-3-2-4-26/h9-10,15,23H,2-7H2,1H3,(H,25,29)(H,30,31)/t9-,10+,15-. The summed E-state index contributed by atoms with van der Waals surface area (Å²) < 4.78 is 0. The van der Waals surface area contributed by atoms with Gasteiger partial charge in [0, 0.05) is 49.8 Å². The van der Waals surface area contributed by atoms with Crippen molar-refractivity contribution in [1.29, 1.82) is 0 Å². The number of aromatic carboxylic acids is 1. The number of carbonyl (C=O) groups excluding carboxylic acids is 2. The van der Waals surface area contributed by atoms with Gasteiger partial charge in [-0.1, -0.05) is 34.5 Å². The molecule has 1 saturated carbocycles. The number of aromatic amines is 1. The summed E-state index contributed by atoms with van der Waals surface area (Å²) in [6.45, 7) is 4.53. The second-order valence-corrected chi connectivity index (χ2v) is 10.2. The molecule has 3 aliphatic rings. The van der Waals surface area contributed by atoms with Crippen LogP contribution in [-0.4, -0.2) is 70.0 Å². The molecule has 3 N–H and O–H groups in total. The molecule has 3 fully saturated rings. The number of nitrogens with one attached hydrogen (secondary N) is 2. The first-order valence-corrected chi connectivity index (χ1v) is 11.9. The van der Waals surface area contributed by atoms with E-state index in [1.54, 1.807) is 11.8 Å². The lowest BCUT2D eigenvalue weighted by Crippen LogP contribution is -2.43. The molecule has 0 unspecified atom stereocenters. The van der Waals surface area contributed by atoms with Crippen LogP contribution in [0.2, 0.25) is 10.0 Å². The Morgan fingerprint density at radius 2 is 1.91 bits per heavy atom. The molecule has 2 aromatic heterocycles. The molecule has 5 rings (SSSR count). The minimum atomic E-state index is -1.06. The summed E-state index contributed by atoms with van der Waals surface area (Å²) in [6, 6.07) is 0.0311. The molecule has 0 bridgehead atoms. The van der Waals surface area contributed by atoms with Gasteiger partial charge in [-0.2, -0.15) is 0 Å². The van der Waals surface area contributed by atoms with E-state index in [4.69, 9.17) is 23.2 Å². The van der Waals surface area contributed by atoms with Crippen LogP contribution in [0.5, 0.6) is 0 Å². The van der Waals surface area contributed by atoms with Crippen molar-refractivity contribution < 1.29 is 19.5 Å². The second kappa shape index (κ2) is 7.93. The van der Waals surface area contributed by atoms with Gasteiger partial charge >= 0.3 is 5.97 Å². The quantitative estimate of drug-likeness (QED) is 0.563. The lowest BCUT2D eigenvalue weighted by Gasteiger charge is -2.30. The van der Waals surface area contributed by atoms with Gasteiger partial charge in [0.15, 0.2) is 5.13 Å². The van der Waals surface area contributed by atoms with Crippen molar-refractivity contribution >= 4 is 57.5 Å². The van der Waals surface area contributed by atoms with Crippen LogP contribution in [0.3, 0.4) is 0 Å². The summed E-state index contributed by atoms with van der Waals surface area (Å²) in [5, 5.41) is 13.7. The van der Waals surface area contributed by atoms with E-state index in [1.165, 1.54) is 0 Å². The number of hydrogen-bond acceptors (Lipinski definition) is 6. The van der Waals surface area contributed by atoms with Crippen molar-refractivity contribution in [3.05, 3.63) is 32.0 Å². The van der Waals surface area contributed by atoms with Gasteiger partial charge < -0.3 is 25.2 Å². The number of likely N-dealkylation sites (tertiary alicyclic amines) is 1. The van der Waals surface area contributed by atoms with Gasteiger partial charge in [-0.15, -0.1) is 0 Å². The molecule has 2 saturated heterocycles. The average molecular weight is 498 g/mol. The highest BCUT2D eigenvalue weighted by Gasteiger charge is 2.57. The summed E-state index contributed by atoms with van der Waals surface area (Å²) in [6.07, 6.45) is 0.993. The number of hydrogen-bond donors (Lipinski definition) is 3. The normalized spacial score (nSPS) is 23.7. The summed E-state index contributed by atoms with van der Waals surface area (Å²) in [5.41, 5.74) is 1.23. The first kappa shape index (κ1) is 21.5. The van der Waals surface area contributed by atoms with Crippen molar-refractivity contribution in [2.45, 2.75) is 25.8 Å². The van der Waals surface area contributed by atoms with Crippen LogP contribution in [-0.2, 0) is 11.2 Å². The van der Waals surface area contributed by atoms with Gasteiger partial charge in [-0.05, 0) is 13.3 Å². The maximum Gasteiger partial charge on any atom is 0.347 e. The van der Waals surface area contributed by atoms with E-state index in [2.05, 4.69) is 15.3 Å². The molecular weight excluding hydrogens is 477 g/mol. The number of aromatic nitrogens is 2. The third-order valence-electron chi connectivity index (χ3n) is 6.45. The molecule has 1 aliphatic carbocycles. The van der Waals surface area contributed by atoms with Crippen molar-refractivity contribution in [2.75, 3.05) is 31.1 Å². The zero-order chi connectivity index (χ0) is 22.7. The Labute approximate surface area is 197 Å². The van der Waals surface area contributed by atoms with E-state index in [9.17, 15) is 19.5 Å². The number of piperidine rings is 1. The molecule has 0 spiro atoms. The Hall–Kier alpha value is -2.30. The smallest absolute Gasteiger partial charge is 0.347 e. The molecule has 2 aliphatic heterocycles. The van der Waals surface area contributed by atoms with Gasteiger partial charge in [-0.25, -0.2) is 9.78 Å². The van der Waals surface area contributed by atoms with Crippen molar-refractivity contribution in [3.63, 3.8) is 0 Å². The molecule has 0 radical (unpaired) electrons. The minimum absolute atomic E-state index is 0.0103. The van der Waals surface area contributed by atoms with Crippen molar-refractivity contribution in [2.24, 2.45) is 11.8 Å². The van der Waals surface area contributed by atoms with Crippen LogP contribution in [0.25, 0.3) is 0 Å². The molecule has 12 heteroatoms. The first-order chi connectivity index (χ1) is 15.2. The number of H-pyrrole nitrogens is 1. The Bertz CT molecular complexity index is 1120. The second-order valence-electron chi connectivity index (χ2n) is 8.47. The largest absolute Gasteiger partial charge is 0.477 e. The summed E-state index contributed by atoms with van der Waals surface area (Å²) in [4.78, 5) is 47.8. The Kier molecular flexibility index (Phi) is 5.34. The molecule has 4 heterocycles. The maximum atomic E-state index is 12.6. The average Bonchev–Trinajstić information content (AvgIpc) is 3.08. The number of anilines is 1. The van der Waals surface area contributed by atoms with Gasteiger partial charge in [-0.3, -0.25) is 9.59 Å². The van der Waals surface area contributed by atoms with Crippen LogP contribution >= 0.6 is 34.5 Å². The predicted octanol–water partition coefficient (Wildman–Crippen LogP) is 2.42. The molecule has 170 valence electrons. The highest BCUT2D eigenvalue weighted by atomic mass is 35.5. The highest BCUT2D eigenvalue weighted by molar-refractivity contribution is 7.17. The molecular formula is C20H21Cl2N5O4S. The lowest BCUT2D eigenvalue weighted by atomic mass is 10.1. The molecule has 32 heavy (non-hydrogen) atoms. The monoisotopic (exact) mass is 497 g/mol. The number of halogens is 2. The summed E-state index contributed by atoms with van der Waals surface area (Å²) in [5.74, 6) is -0.919. The van der Waals surface area contributed by atoms with E-state index in [1.807, 2.05) is 4.90 Å². The number of carboxylic acid groups (broad SMARTS) is 1. The topological polar surface area (TPSA) is 119 Å². The number of amides is 2. The van der Waals surface area contributed by atoms with E-state index < -0.39 is 5.97 Å². The van der Waals surface area contributed by atoms with Gasteiger partial charge in [0.25, 0.3) is 5.91 Å². The maximum absolute atomic E-state index is 12.6. The van der Waals surface area contributed by atoms with E-state index in [0.717, 1.165) is 30.8 Å². The number of carboxylic acids is 1. The fraction of sp³-hybridized carbons (Fsp3) is 0.500. The Balaban J connectivity index is 1.22. The number of aryl methyl sites for hydroxylation is 1. The Morgan fingerprint density at radius 1 is 1.22 bits per heavy atom. The van der Waals surface area contributed by atoms with E-state index in [0.29, 0.717) is 34.6 Å². The minimum Gasteiger partial charge on any atom is -0.477 e. The number of nitrogens with zero attached hydrogens (tertiary/aromatic N) is 3. The molecule has 9 nitrogen and oxygen atoms in total. The zero-order valence-electron chi connectivity index (χ0n) is 17.2. The number of thiazole rings is 1. The van der Waals surface area contributed by atoms with E-state index >= 15 is 0 Å². The third-order valence-corrected chi connectivity index (χ3v) is 8.54. The fourth-order valence-electron chi connectivity index (χ4n) is 4.43. The van der Waals surface area contributed by atoms with Crippen LogP contribution in [0.15, 0.2) is 0 Å². The first-order valence-electron chi connectivity index (χ1n) is 10.3. The highest BCUT2D eigenvalue weighted by Crippen LogP contribution is 2.48. The van der Waals surface area contributed by atoms with Crippen molar-refractivity contribution in [3.8, 4) is 0 Å². The van der Waals surface area contributed by atoms with Gasteiger partial charge in [0.2, 0.25) is 5.91 Å². The predicted molar refractivity (Wildman–Crippen MR) is 120 cm³/mol. The molecule has 2 amide bonds. The fourth-order valence-corrected chi connectivity index (χ4v) is 5.79. The summed E-state index contributed by atoms with van der Waals surface area (Å²) >= 11 is 13.3. The number of rotatable bonds is 6. The van der Waals surface area contributed by atoms with E-state index in [-0.39, 0.29) is 51.7 Å². The van der Waals surface area contributed by atoms with Crippen molar-refractivity contribution in [1.82, 2.24) is 20.2 Å². The number of fused-ring (bicyclic) bond motifs is 1. The third kappa shape index (κ3) is 3.64. The van der Waals surface area contributed by atoms with Crippen LogP contribution in [0, 0.1) is 18.8 Å². The Morgan fingerprint density at radius 3 is 2.44 bits per heavy atom. The van der Waals surface area contributed by atoms with Gasteiger partial charge in [0.1, 0.15) is 10.6 Å². The zero-order valence-corrected chi connectivity index (χ0v) is 19.5. The lowest BCUT2D eigenvalue weighted by molar-refractivity contribution is -0.133. The molecule has 3 atom stereocenters. The molecule has 0 aromatic carbocycles. The SMILES string of the molecule is Cc1[nH]c(C(=O)N[C@@H]2[C@@H]3CN(c4nc(CC(=O)N5CCC5)c(C(=O)O)s4)C[C@@H]32)c(Cl)c1Cl. The summed E-state index contributed by atoms with van der Waals surface area (Å²) in [7, 11) is 0. The van der Waals surface area contributed by atoms with Gasteiger partial charge in [0.05, 0.1) is 22.2 Å². The molecule has 2 aromatic rings. The van der Waals surface area contributed by atoms with Crippen LogP contribution < -0.4 is 10.2 Å². The number of carbonyl (C=O) groups is 3. The van der Waals surface area contributed by atoms with Crippen LogP contribution in [0.1, 0.15) is 38.0 Å².